The van der Waals surface area contributed by atoms with E-state index in [1.807, 2.05) is 30.3 Å². The quantitative estimate of drug-likeness (QED) is 0.559. The van der Waals surface area contributed by atoms with Gasteiger partial charge in [0, 0.05) is 52.4 Å². The van der Waals surface area contributed by atoms with Gasteiger partial charge in [0.25, 0.3) is 0 Å². The molecule has 0 unspecified atom stereocenters. The highest BCUT2D eigenvalue weighted by molar-refractivity contribution is 6.34. The van der Waals surface area contributed by atoms with Gasteiger partial charge in [-0.1, -0.05) is 30.3 Å². The van der Waals surface area contributed by atoms with Crippen LogP contribution in [0.5, 0.6) is 0 Å². The predicted molar refractivity (Wildman–Crippen MR) is 91.3 cm³/mol. The number of amides is 2. The third-order valence-electron chi connectivity index (χ3n) is 3.99. The zero-order chi connectivity index (χ0) is 17.2. The largest absolute Gasteiger partial charge is 0.395 e. The lowest BCUT2D eigenvalue weighted by atomic mass is 10.2. The fourth-order valence-electron chi connectivity index (χ4n) is 2.66. The molecular weight excluding hydrogens is 308 g/mol. The molecule has 132 valence electrons. The molecule has 1 fully saturated rings. The summed E-state index contributed by atoms with van der Waals surface area (Å²) in [5, 5.41) is 15.1. The number of hydrogen-bond acceptors (Lipinski definition) is 5. The van der Waals surface area contributed by atoms with Crippen molar-refractivity contribution in [3.05, 3.63) is 35.9 Å². The second-order valence-corrected chi connectivity index (χ2v) is 5.78. The molecule has 0 aromatic heterocycles. The van der Waals surface area contributed by atoms with E-state index in [4.69, 9.17) is 5.11 Å². The molecule has 0 spiro atoms. The van der Waals surface area contributed by atoms with Gasteiger partial charge in [0.2, 0.25) is 0 Å². The van der Waals surface area contributed by atoms with E-state index in [9.17, 15) is 9.59 Å². The maximum atomic E-state index is 12.3. The van der Waals surface area contributed by atoms with Crippen molar-refractivity contribution in [3.8, 4) is 0 Å². The summed E-state index contributed by atoms with van der Waals surface area (Å²) in [6, 6.07) is 9.43. The molecule has 3 N–H and O–H groups in total. The van der Waals surface area contributed by atoms with E-state index in [0.29, 0.717) is 13.1 Å². The van der Waals surface area contributed by atoms with E-state index in [0.717, 1.165) is 38.3 Å². The second kappa shape index (κ2) is 10.0. The average molecular weight is 334 g/mol. The van der Waals surface area contributed by atoms with Crippen LogP contribution < -0.4 is 10.6 Å². The van der Waals surface area contributed by atoms with Crippen LogP contribution in [-0.2, 0) is 16.1 Å². The van der Waals surface area contributed by atoms with Gasteiger partial charge >= 0.3 is 11.8 Å². The minimum Gasteiger partial charge on any atom is -0.395 e. The Hall–Kier alpha value is -1.96. The van der Waals surface area contributed by atoms with Gasteiger partial charge in [-0.15, -0.1) is 0 Å². The van der Waals surface area contributed by atoms with Crippen LogP contribution in [0.1, 0.15) is 5.56 Å². The molecule has 1 aliphatic rings. The van der Waals surface area contributed by atoms with Crippen LogP contribution in [0.3, 0.4) is 0 Å². The maximum absolute atomic E-state index is 12.3. The Balaban J connectivity index is 1.80. The van der Waals surface area contributed by atoms with Crippen molar-refractivity contribution < 1.29 is 14.7 Å². The van der Waals surface area contributed by atoms with E-state index >= 15 is 0 Å². The van der Waals surface area contributed by atoms with E-state index in [1.54, 1.807) is 0 Å². The first-order valence-electron chi connectivity index (χ1n) is 8.35. The summed E-state index contributed by atoms with van der Waals surface area (Å²) in [7, 11) is 0. The van der Waals surface area contributed by atoms with Crippen LogP contribution >= 0.6 is 0 Å². The van der Waals surface area contributed by atoms with Crippen molar-refractivity contribution in [2.45, 2.75) is 6.54 Å². The third-order valence-corrected chi connectivity index (χ3v) is 3.99. The van der Waals surface area contributed by atoms with Crippen LogP contribution in [0.25, 0.3) is 0 Å². The van der Waals surface area contributed by atoms with Crippen molar-refractivity contribution in [2.75, 3.05) is 52.4 Å². The Morgan fingerprint density at radius 3 is 2.58 bits per heavy atom. The monoisotopic (exact) mass is 334 g/mol. The molecule has 0 bridgehead atoms. The highest BCUT2D eigenvalue weighted by atomic mass is 16.3. The van der Waals surface area contributed by atoms with E-state index in [1.165, 1.54) is 4.90 Å². The Bertz CT molecular complexity index is 518. The van der Waals surface area contributed by atoms with Gasteiger partial charge in [-0.05, 0) is 5.56 Å². The zero-order valence-corrected chi connectivity index (χ0v) is 13.9. The fraction of sp³-hybridized carbons (Fsp3) is 0.529. The van der Waals surface area contributed by atoms with Crippen LogP contribution in [0.4, 0.5) is 0 Å². The minimum atomic E-state index is -0.616. The summed E-state index contributed by atoms with van der Waals surface area (Å²) in [6.45, 7) is 5.27. The molecule has 1 aliphatic heterocycles. The number of rotatable bonds is 7. The van der Waals surface area contributed by atoms with Crippen molar-refractivity contribution in [1.82, 2.24) is 20.4 Å². The molecule has 7 nitrogen and oxygen atoms in total. The van der Waals surface area contributed by atoms with Crippen molar-refractivity contribution in [3.63, 3.8) is 0 Å². The lowest BCUT2D eigenvalue weighted by molar-refractivity contribution is -0.146. The summed E-state index contributed by atoms with van der Waals surface area (Å²) in [5.41, 5.74) is 0.924. The first kappa shape index (κ1) is 18.4. The number of nitrogens with zero attached hydrogens (tertiary/aromatic N) is 2. The smallest absolute Gasteiger partial charge is 0.312 e. The van der Waals surface area contributed by atoms with Gasteiger partial charge in [-0.25, -0.2) is 0 Å². The first-order chi connectivity index (χ1) is 11.7. The topological polar surface area (TPSA) is 84.9 Å². The maximum Gasteiger partial charge on any atom is 0.312 e. The van der Waals surface area contributed by atoms with Crippen molar-refractivity contribution >= 4 is 11.8 Å². The Morgan fingerprint density at radius 1 is 1.21 bits per heavy atom. The third kappa shape index (κ3) is 5.92. The normalized spacial score (nSPS) is 15.0. The molecule has 1 aromatic carbocycles. The van der Waals surface area contributed by atoms with E-state index in [-0.39, 0.29) is 13.2 Å². The number of carbonyl (C=O) groups excluding carboxylic acids is 2. The fourth-order valence-corrected chi connectivity index (χ4v) is 2.66. The number of benzene rings is 1. The Kier molecular flexibility index (Phi) is 7.67. The molecule has 7 heteroatoms. The van der Waals surface area contributed by atoms with Gasteiger partial charge < -0.3 is 20.6 Å². The molecule has 1 saturated heterocycles. The zero-order valence-electron chi connectivity index (χ0n) is 13.9. The molecule has 0 atom stereocenters. The van der Waals surface area contributed by atoms with Crippen LogP contribution in [0.2, 0.25) is 0 Å². The Morgan fingerprint density at radius 2 is 1.92 bits per heavy atom. The molecule has 2 amide bonds. The first-order valence-corrected chi connectivity index (χ1v) is 8.35. The molecule has 24 heavy (non-hydrogen) atoms. The number of aliphatic hydroxyl groups is 1. The van der Waals surface area contributed by atoms with Gasteiger partial charge in [-0.2, -0.15) is 0 Å². The Labute approximate surface area is 142 Å². The van der Waals surface area contributed by atoms with Gasteiger partial charge in [-0.3, -0.25) is 14.5 Å². The standard InChI is InChI=1S/C17H26N4O3/c22-13-12-21(14-15-4-2-1-3-5-15)17(24)16(23)19-8-11-20-9-6-18-7-10-20/h1-5,18,22H,6-14H2,(H,19,23). The molecule has 1 aromatic rings. The van der Waals surface area contributed by atoms with Crippen molar-refractivity contribution in [1.29, 1.82) is 0 Å². The average Bonchev–Trinajstić information content (AvgIpc) is 2.62. The number of piperazine rings is 1. The summed E-state index contributed by atoms with van der Waals surface area (Å²) in [6.07, 6.45) is 0. The van der Waals surface area contributed by atoms with Gasteiger partial charge in [0.1, 0.15) is 0 Å². The lowest BCUT2D eigenvalue weighted by Crippen LogP contribution is -2.48. The molecular formula is C17H26N4O3. The summed E-state index contributed by atoms with van der Waals surface area (Å²) in [5.74, 6) is -1.22. The minimum absolute atomic E-state index is 0.138. The highest BCUT2D eigenvalue weighted by Crippen LogP contribution is 2.04. The molecule has 2 rings (SSSR count). The summed E-state index contributed by atoms with van der Waals surface area (Å²) in [4.78, 5) is 28.0. The number of hydrogen-bond donors (Lipinski definition) is 3. The second-order valence-electron chi connectivity index (χ2n) is 5.78. The van der Waals surface area contributed by atoms with Crippen LogP contribution in [0.15, 0.2) is 30.3 Å². The molecule has 0 aliphatic carbocycles. The molecule has 0 radical (unpaired) electrons. The predicted octanol–water partition coefficient (Wildman–Crippen LogP) is -0.971. The van der Waals surface area contributed by atoms with E-state index < -0.39 is 11.8 Å². The number of carbonyl (C=O) groups is 2. The van der Waals surface area contributed by atoms with Crippen LogP contribution in [0, 0.1) is 0 Å². The van der Waals surface area contributed by atoms with Crippen LogP contribution in [-0.4, -0.2) is 79.1 Å². The number of aliphatic hydroxyl groups excluding tert-OH is 1. The SMILES string of the molecule is O=C(NCCN1CCNCC1)C(=O)N(CCO)Cc1ccccc1. The van der Waals surface area contributed by atoms with Gasteiger partial charge in [0.15, 0.2) is 0 Å². The molecule has 1 heterocycles. The summed E-state index contributed by atoms with van der Waals surface area (Å²) < 4.78 is 0. The van der Waals surface area contributed by atoms with E-state index in [2.05, 4.69) is 15.5 Å². The summed E-state index contributed by atoms with van der Waals surface area (Å²) >= 11 is 0. The van der Waals surface area contributed by atoms with Crippen molar-refractivity contribution in [2.24, 2.45) is 0 Å². The van der Waals surface area contributed by atoms with Gasteiger partial charge in [0.05, 0.1) is 6.61 Å². The number of nitrogens with one attached hydrogen (secondary N) is 2. The lowest BCUT2D eigenvalue weighted by Gasteiger charge is -2.27. The molecule has 0 saturated carbocycles. The highest BCUT2D eigenvalue weighted by Gasteiger charge is 2.21.